The first-order chi connectivity index (χ1) is 15.0. The molecule has 1 N–H and O–H groups in total. The molecule has 0 bridgehead atoms. The predicted octanol–water partition coefficient (Wildman–Crippen LogP) is 3.99. The number of nitrogens with one attached hydrogen (secondary N) is 1. The van der Waals surface area contributed by atoms with E-state index in [1.54, 1.807) is 11.1 Å². The summed E-state index contributed by atoms with van der Waals surface area (Å²) in [6.07, 6.45) is 2.15. The highest BCUT2D eigenvalue weighted by Crippen LogP contribution is 2.17. The van der Waals surface area contributed by atoms with E-state index in [2.05, 4.69) is 10.3 Å². The standard InChI is InChI=1S/C26H29N3O2/c1-20(2)26(31)29(19-22-13-7-4-8-14-22)24(17-21-11-5-3-6-12-21)25(30)28-18-23-15-9-10-16-27-23/h3-16,20,24H,17-19H2,1-2H3,(H,28,30)/t24-/m1/s1. The lowest BCUT2D eigenvalue weighted by molar-refractivity contribution is -0.143. The third kappa shape index (κ3) is 6.51. The van der Waals surface area contributed by atoms with E-state index in [-0.39, 0.29) is 17.7 Å². The van der Waals surface area contributed by atoms with Crippen LogP contribution in [0.4, 0.5) is 0 Å². The van der Waals surface area contributed by atoms with Crippen molar-refractivity contribution in [2.24, 2.45) is 5.92 Å². The van der Waals surface area contributed by atoms with Crippen molar-refractivity contribution in [3.63, 3.8) is 0 Å². The maximum absolute atomic E-state index is 13.3. The molecule has 0 fully saturated rings. The molecule has 0 aliphatic carbocycles. The van der Waals surface area contributed by atoms with Crippen LogP contribution in [0.1, 0.15) is 30.7 Å². The Morgan fingerprint density at radius 1 is 0.871 bits per heavy atom. The van der Waals surface area contributed by atoms with E-state index in [0.717, 1.165) is 16.8 Å². The van der Waals surface area contributed by atoms with Gasteiger partial charge in [0, 0.05) is 25.1 Å². The van der Waals surface area contributed by atoms with E-state index >= 15 is 0 Å². The molecule has 0 saturated heterocycles. The van der Waals surface area contributed by atoms with Crippen molar-refractivity contribution in [2.75, 3.05) is 0 Å². The van der Waals surface area contributed by atoms with Gasteiger partial charge in [0.15, 0.2) is 0 Å². The van der Waals surface area contributed by atoms with E-state index in [9.17, 15) is 9.59 Å². The zero-order valence-electron chi connectivity index (χ0n) is 18.1. The molecule has 5 nitrogen and oxygen atoms in total. The van der Waals surface area contributed by atoms with Crippen molar-refractivity contribution < 1.29 is 9.59 Å². The lowest BCUT2D eigenvalue weighted by Gasteiger charge is -2.32. The van der Waals surface area contributed by atoms with Crippen LogP contribution in [0, 0.1) is 5.92 Å². The number of pyridine rings is 1. The predicted molar refractivity (Wildman–Crippen MR) is 122 cm³/mol. The van der Waals surface area contributed by atoms with Crippen LogP contribution >= 0.6 is 0 Å². The Kier molecular flexibility index (Phi) is 7.93. The van der Waals surface area contributed by atoms with Crippen molar-refractivity contribution >= 4 is 11.8 Å². The van der Waals surface area contributed by atoms with Crippen LogP contribution in [0.25, 0.3) is 0 Å². The highest BCUT2D eigenvalue weighted by Gasteiger charge is 2.31. The van der Waals surface area contributed by atoms with Crippen molar-refractivity contribution in [1.29, 1.82) is 0 Å². The minimum atomic E-state index is -0.624. The average Bonchev–Trinajstić information content (AvgIpc) is 2.81. The molecule has 0 radical (unpaired) electrons. The summed E-state index contributed by atoms with van der Waals surface area (Å²) in [5, 5.41) is 2.98. The van der Waals surface area contributed by atoms with Gasteiger partial charge in [0.05, 0.1) is 12.2 Å². The summed E-state index contributed by atoms with van der Waals surface area (Å²) in [4.78, 5) is 32.5. The van der Waals surface area contributed by atoms with Crippen molar-refractivity contribution in [1.82, 2.24) is 15.2 Å². The summed E-state index contributed by atoms with van der Waals surface area (Å²) in [7, 11) is 0. The van der Waals surface area contributed by atoms with Crippen molar-refractivity contribution in [2.45, 2.75) is 39.4 Å². The van der Waals surface area contributed by atoms with Gasteiger partial charge in [-0.2, -0.15) is 0 Å². The number of carbonyl (C=O) groups excluding carboxylic acids is 2. The van der Waals surface area contributed by atoms with E-state index in [1.807, 2.05) is 92.7 Å². The minimum Gasteiger partial charge on any atom is -0.349 e. The molecule has 1 atom stereocenters. The molecule has 0 aliphatic rings. The largest absolute Gasteiger partial charge is 0.349 e. The van der Waals surface area contributed by atoms with E-state index < -0.39 is 6.04 Å². The van der Waals surface area contributed by atoms with Crippen LogP contribution in [0.5, 0.6) is 0 Å². The van der Waals surface area contributed by atoms with Gasteiger partial charge in [-0.3, -0.25) is 14.6 Å². The molecule has 0 unspecified atom stereocenters. The van der Waals surface area contributed by atoms with Gasteiger partial charge in [-0.15, -0.1) is 0 Å². The van der Waals surface area contributed by atoms with Crippen LogP contribution < -0.4 is 5.32 Å². The second-order valence-electron chi connectivity index (χ2n) is 7.85. The maximum atomic E-state index is 13.3. The van der Waals surface area contributed by atoms with Gasteiger partial charge in [0.1, 0.15) is 6.04 Å². The van der Waals surface area contributed by atoms with Crippen LogP contribution in [0.15, 0.2) is 85.1 Å². The SMILES string of the molecule is CC(C)C(=O)N(Cc1ccccc1)[C@H](Cc1ccccc1)C(=O)NCc1ccccn1. The van der Waals surface area contributed by atoms with Crippen molar-refractivity contribution in [3.05, 3.63) is 102 Å². The molecule has 5 heteroatoms. The monoisotopic (exact) mass is 415 g/mol. The number of benzene rings is 2. The highest BCUT2D eigenvalue weighted by molar-refractivity contribution is 5.88. The molecule has 3 aromatic rings. The molecular formula is C26H29N3O2. The smallest absolute Gasteiger partial charge is 0.243 e. The second-order valence-corrected chi connectivity index (χ2v) is 7.85. The second kappa shape index (κ2) is 11.1. The van der Waals surface area contributed by atoms with E-state index in [4.69, 9.17) is 0 Å². The first kappa shape index (κ1) is 22.2. The lowest BCUT2D eigenvalue weighted by Crippen LogP contribution is -2.51. The normalized spacial score (nSPS) is 11.7. The van der Waals surface area contributed by atoms with Gasteiger partial charge >= 0.3 is 0 Å². The van der Waals surface area contributed by atoms with Crippen LogP contribution in [0.2, 0.25) is 0 Å². The Labute approximate surface area is 184 Å². The number of carbonyl (C=O) groups is 2. The molecule has 1 heterocycles. The van der Waals surface area contributed by atoms with Gasteiger partial charge < -0.3 is 10.2 Å². The zero-order valence-corrected chi connectivity index (χ0v) is 18.1. The third-order valence-corrected chi connectivity index (χ3v) is 5.09. The Bertz CT molecular complexity index is 960. The molecule has 2 amide bonds. The molecule has 3 rings (SSSR count). The van der Waals surface area contributed by atoms with Gasteiger partial charge in [0.25, 0.3) is 0 Å². The maximum Gasteiger partial charge on any atom is 0.243 e. The van der Waals surface area contributed by atoms with E-state index in [1.165, 1.54) is 0 Å². The first-order valence-electron chi connectivity index (χ1n) is 10.6. The fourth-order valence-electron chi connectivity index (χ4n) is 3.43. The Hall–Kier alpha value is -3.47. The fraction of sp³-hybridized carbons (Fsp3) is 0.269. The summed E-state index contributed by atoms with van der Waals surface area (Å²) in [6, 6.07) is 24.6. The van der Waals surface area contributed by atoms with Crippen LogP contribution in [0.3, 0.4) is 0 Å². The summed E-state index contributed by atoms with van der Waals surface area (Å²) in [6.45, 7) is 4.43. The molecule has 0 spiro atoms. The van der Waals surface area contributed by atoms with Gasteiger partial charge in [0.2, 0.25) is 11.8 Å². The number of amides is 2. The Morgan fingerprint density at radius 3 is 2.06 bits per heavy atom. The summed E-state index contributed by atoms with van der Waals surface area (Å²) >= 11 is 0. The van der Waals surface area contributed by atoms with Crippen LogP contribution in [-0.2, 0) is 29.1 Å². The molecular weight excluding hydrogens is 386 g/mol. The summed E-state index contributed by atoms with van der Waals surface area (Å²) < 4.78 is 0. The number of aromatic nitrogens is 1. The fourth-order valence-corrected chi connectivity index (χ4v) is 3.43. The Morgan fingerprint density at radius 2 is 1.48 bits per heavy atom. The molecule has 0 saturated carbocycles. The van der Waals surface area contributed by atoms with Gasteiger partial charge in [-0.05, 0) is 23.3 Å². The quantitative estimate of drug-likeness (QED) is 0.575. The molecule has 31 heavy (non-hydrogen) atoms. The van der Waals surface area contributed by atoms with Gasteiger partial charge in [-0.1, -0.05) is 80.6 Å². The zero-order chi connectivity index (χ0) is 22.1. The molecule has 2 aromatic carbocycles. The van der Waals surface area contributed by atoms with Gasteiger partial charge in [-0.25, -0.2) is 0 Å². The number of nitrogens with zero attached hydrogens (tertiary/aromatic N) is 2. The molecule has 0 aliphatic heterocycles. The number of hydrogen-bond acceptors (Lipinski definition) is 3. The average molecular weight is 416 g/mol. The highest BCUT2D eigenvalue weighted by atomic mass is 16.2. The third-order valence-electron chi connectivity index (χ3n) is 5.09. The Balaban J connectivity index is 1.88. The van der Waals surface area contributed by atoms with E-state index in [0.29, 0.717) is 19.5 Å². The van der Waals surface area contributed by atoms with Crippen LogP contribution in [-0.4, -0.2) is 27.7 Å². The topological polar surface area (TPSA) is 62.3 Å². The minimum absolute atomic E-state index is 0.0437. The summed E-state index contributed by atoms with van der Waals surface area (Å²) in [5.74, 6) is -0.442. The first-order valence-corrected chi connectivity index (χ1v) is 10.6. The molecule has 1 aromatic heterocycles. The lowest BCUT2D eigenvalue weighted by atomic mass is 10.0. The summed E-state index contributed by atoms with van der Waals surface area (Å²) in [5.41, 5.74) is 2.78. The number of rotatable bonds is 9. The number of hydrogen-bond donors (Lipinski definition) is 1. The molecule has 160 valence electrons. The van der Waals surface area contributed by atoms with Crippen molar-refractivity contribution in [3.8, 4) is 0 Å².